The van der Waals surface area contributed by atoms with Crippen molar-refractivity contribution in [3.8, 4) is 5.69 Å². The first kappa shape index (κ1) is 28.6. The number of hydrogen-bond acceptors (Lipinski definition) is 2. The molecular formula is C43H33BN2SSe. The van der Waals surface area contributed by atoms with E-state index < -0.39 is 0 Å². The summed E-state index contributed by atoms with van der Waals surface area (Å²) in [7, 11) is 0. The van der Waals surface area contributed by atoms with Gasteiger partial charge < -0.3 is 0 Å². The SMILES string of the molecule is c1ccc(Sc2ccc3c(c2)[Se]c2cccc4c2B3c2c(cccc2-n2c3c(c5ccccc52)CCCCC3)N4c2ccccc2)cc1. The molecule has 5 heteroatoms. The van der Waals surface area contributed by atoms with E-state index in [0.717, 1.165) is 12.8 Å². The summed E-state index contributed by atoms with van der Waals surface area (Å²) in [6.07, 6.45) is 6.11. The molecule has 0 radical (unpaired) electrons. The molecule has 0 unspecified atom stereocenters. The molecule has 2 aliphatic heterocycles. The van der Waals surface area contributed by atoms with Crippen molar-refractivity contribution in [2.24, 2.45) is 0 Å². The normalized spacial score (nSPS) is 14.6. The van der Waals surface area contributed by atoms with Gasteiger partial charge in [-0.1, -0.05) is 0 Å². The van der Waals surface area contributed by atoms with Crippen LogP contribution in [0.2, 0.25) is 0 Å². The van der Waals surface area contributed by atoms with Crippen molar-refractivity contribution < 1.29 is 0 Å². The summed E-state index contributed by atoms with van der Waals surface area (Å²) in [4.78, 5) is 5.14. The first-order valence-corrected chi connectivity index (χ1v) is 19.6. The van der Waals surface area contributed by atoms with E-state index in [9.17, 15) is 0 Å². The second-order valence-electron chi connectivity index (χ2n) is 13.1. The first-order valence-electron chi connectivity index (χ1n) is 17.1. The Balaban J connectivity index is 1.25. The summed E-state index contributed by atoms with van der Waals surface area (Å²) in [5.41, 5.74) is 14.0. The van der Waals surface area contributed by atoms with Crippen molar-refractivity contribution in [1.82, 2.24) is 4.57 Å². The molecule has 0 saturated heterocycles. The second kappa shape index (κ2) is 11.6. The molecule has 1 aromatic heterocycles. The van der Waals surface area contributed by atoms with Gasteiger partial charge in [0.25, 0.3) is 0 Å². The molecule has 0 amide bonds. The van der Waals surface area contributed by atoms with Gasteiger partial charge in [-0.25, -0.2) is 0 Å². The number of para-hydroxylation sites is 2. The van der Waals surface area contributed by atoms with Crippen LogP contribution >= 0.6 is 11.8 Å². The Morgan fingerprint density at radius 1 is 0.562 bits per heavy atom. The van der Waals surface area contributed by atoms with Crippen molar-refractivity contribution in [3.05, 3.63) is 151 Å². The van der Waals surface area contributed by atoms with Crippen molar-refractivity contribution in [2.45, 2.75) is 41.9 Å². The van der Waals surface area contributed by atoms with Gasteiger partial charge in [-0.3, -0.25) is 0 Å². The monoisotopic (exact) mass is 700 g/mol. The maximum atomic E-state index is 2.67. The number of fused-ring (bicyclic) bond motifs is 7. The van der Waals surface area contributed by atoms with Gasteiger partial charge in [-0.2, -0.15) is 0 Å². The van der Waals surface area contributed by atoms with Gasteiger partial charge in [0.2, 0.25) is 0 Å². The Hall–Kier alpha value is -4.41. The van der Waals surface area contributed by atoms with Crippen molar-refractivity contribution in [2.75, 3.05) is 4.90 Å². The van der Waals surface area contributed by atoms with Crippen LogP contribution in [0.4, 0.5) is 17.1 Å². The minimum atomic E-state index is 0.159. The van der Waals surface area contributed by atoms with Crippen LogP contribution in [0.15, 0.2) is 149 Å². The molecule has 48 heavy (non-hydrogen) atoms. The van der Waals surface area contributed by atoms with Crippen LogP contribution in [0.25, 0.3) is 16.6 Å². The molecule has 1 aliphatic carbocycles. The summed E-state index contributed by atoms with van der Waals surface area (Å²) in [6, 6.07) is 52.4. The maximum absolute atomic E-state index is 2.67. The molecule has 0 atom stereocenters. The number of aryl methyl sites for hydroxylation is 1. The van der Waals surface area contributed by atoms with E-state index in [0.29, 0.717) is 0 Å². The van der Waals surface area contributed by atoms with E-state index in [1.807, 2.05) is 11.8 Å². The van der Waals surface area contributed by atoms with Gasteiger partial charge in [0, 0.05) is 0 Å². The summed E-state index contributed by atoms with van der Waals surface area (Å²) in [5, 5.41) is 1.43. The van der Waals surface area contributed by atoms with Crippen molar-refractivity contribution in [1.29, 1.82) is 0 Å². The van der Waals surface area contributed by atoms with Gasteiger partial charge in [-0.15, -0.1) is 0 Å². The summed E-state index contributed by atoms with van der Waals surface area (Å²) < 4.78 is 5.67. The van der Waals surface area contributed by atoms with Crippen LogP contribution in [-0.4, -0.2) is 26.2 Å². The molecule has 7 aromatic rings. The zero-order chi connectivity index (χ0) is 31.6. The third kappa shape index (κ3) is 4.49. The van der Waals surface area contributed by atoms with E-state index in [4.69, 9.17) is 0 Å². The van der Waals surface area contributed by atoms with Crippen LogP contribution in [0.1, 0.15) is 30.5 Å². The Morgan fingerprint density at radius 2 is 1.29 bits per heavy atom. The molecule has 3 heterocycles. The Labute approximate surface area is 293 Å². The van der Waals surface area contributed by atoms with Gasteiger partial charge in [0.1, 0.15) is 0 Å². The molecule has 3 aliphatic rings. The fraction of sp³-hybridized carbons (Fsp3) is 0.116. The molecule has 0 saturated carbocycles. The van der Waals surface area contributed by atoms with Crippen LogP contribution < -0.4 is 30.2 Å². The number of rotatable bonds is 4. The number of nitrogens with zero attached hydrogens (tertiary/aromatic N) is 2. The Morgan fingerprint density at radius 3 is 2.17 bits per heavy atom. The summed E-state index contributed by atoms with van der Waals surface area (Å²) in [5.74, 6) is 0. The molecule has 10 rings (SSSR count). The van der Waals surface area contributed by atoms with Crippen molar-refractivity contribution in [3.63, 3.8) is 0 Å². The molecule has 0 bridgehead atoms. The fourth-order valence-electron chi connectivity index (χ4n) is 8.37. The van der Waals surface area contributed by atoms with Crippen LogP contribution in [0.3, 0.4) is 0 Å². The zero-order valence-corrected chi connectivity index (χ0v) is 29.1. The van der Waals surface area contributed by atoms with Gasteiger partial charge in [-0.05, 0) is 0 Å². The van der Waals surface area contributed by atoms with E-state index in [-0.39, 0.29) is 21.7 Å². The van der Waals surface area contributed by atoms with Crippen LogP contribution in [-0.2, 0) is 12.8 Å². The number of hydrogen-bond donors (Lipinski definition) is 0. The second-order valence-corrected chi connectivity index (χ2v) is 16.5. The number of benzene rings is 6. The summed E-state index contributed by atoms with van der Waals surface area (Å²) >= 11 is 2.07. The van der Waals surface area contributed by atoms with Crippen LogP contribution in [0, 0.1) is 0 Å². The first-order chi connectivity index (χ1) is 23.8. The van der Waals surface area contributed by atoms with E-state index >= 15 is 0 Å². The quantitative estimate of drug-likeness (QED) is 0.141. The predicted molar refractivity (Wildman–Crippen MR) is 206 cm³/mol. The fourth-order valence-corrected chi connectivity index (χ4v) is 11.9. The van der Waals surface area contributed by atoms with Gasteiger partial charge in [0.15, 0.2) is 0 Å². The number of anilines is 3. The average Bonchev–Trinajstić information content (AvgIpc) is 3.25. The molecule has 2 nitrogen and oxygen atoms in total. The van der Waals surface area contributed by atoms with E-state index in [2.05, 4.69) is 149 Å². The van der Waals surface area contributed by atoms with E-state index in [1.165, 1.54) is 93.7 Å². The molecule has 6 aromatic carbocycles. The molecule has 0 spiro atoms. The predicted octanol–water partition coefficient (Wildman–Crippen LogP) is 7.32. The number of aromatic nitrogens is 1. The van der Waals surface area contributed by atoms with Gasteiger partial charge in [0.05, 0.1) is 0 Å². The topological polar surface area (TPSA) is 8.17 Å². The average molecular weight is 700 g/mol. The van der Waals surface area contributed by atoms with Crippen molar-refractivity contribution >= 4 is 86.7 Å². The standard InChI is InChI=1S/C43H33BN2SSe/c1-4-14-29(15-5-1)45-37-22-12-23-38(46-35-20-9-3-8-18-32(35)33-19-10-11-21-36(33)46)42(37)44-34-27-26-31(47-30-16-6-2-7-17-30)28-41(34)48-40-25-13-24-39(45)43(40)44/h1-2,4-7,10-17,19,21-28H,3,8-9,18,20H2. The molecule has 230 valence electrons. The van der Waals surface area contributed by atoms with Crippen LogP contribution in [0.5, 0.6) is 0 Å². The zero-order valence-electron chi connectivity index (χ0n) is 26.6. The van der Waals surface area contributed by atoms with Gasteiger partial charge >= 0.3 is 295 Å². The Bertz CT molecular complexity index is 2350. The molecule has 0 fully saturated rings. The minimum absolute atomic E-state index is 0.159. The molecular weight excluding hydrogens is 666 g/mol. The third-order valence-electron chi connectivity index (χ3n) is 10.3. The Kier molecular flexibility index (Phi) is 6.93. The molecule has 0 N–H and O–H groups in total. The van der Waals surface area contributed by atoms with E-state index in [1.54, 1.807) is 5.56 Å². The third-order valence-corrected chi connectivity index (χ3v) is 13.8. The summed E-state index contributed by atoms with van der Waals surface area (Å²) in [6.45, 7) is 0.159.